The Hall–Kier alpha value is -1.27. The van der Waals surface area contributed by atoms with Crippen LogP contribution < -0.4 is 0 Å². The average molecular weight is 197 g/mol. The first kappa shape index (κ1) is 9.82. The highest BCUT2D eigenvalue weighted by Gasteiger charge is 2.59. The van der Waals surface area contributed by atoms with Crippen molar-refractivity contribution in [2.24, 2.45) is 0 Å². The van der Waals surface area contributed by atoms with Crippen molar-refractivity contribution in [2.45, 2.75) is 12.1 Å². The molecule has 0 N–H and O–H groups in total. The van der Waals surface area contributed by atoms with E-state index in [-0.39, 0.29) is 0 Å². The summed E-state index contributed by atoms with van der Waals surface area (Å²) >= 11 is 0. The molecular weight excluding hydrogens is 195 g/mol. The largest absolute Gasteiger partial charge is 0.459 e. The van der Waals surface area contributed by atoms with E-state index in [0.29, 0.717) is 12.5 Å². The second kappa shape index (κ2) is 2.90. The molecule has 0 bridgehead atoms. The molecule has 0 atom stereocenters. The van der Waals surface area contributed by atoms with Crippen molar-refractivity contribution in [2.75, 3.05) is 0 Å². The van der Waals surface area contributed by atoms with Crippen LogP contribution in [0, 0.1) is 6.07 Å². The van der Waals surface area contributed by atoms with Crippen LogP contribution in [0.1, 0.15) is 5.69 Å². The Morgan fingerprint density at radius 3 is 2.15 bits per heavy atom. The molecule has 71 valence electrons. The number of hydrogen-bond acceptors (Lipinski definition) is 2. The Kier molecular flexibility index (Phi) is 2.19. The van der Waals surface area contributed by atoms with E-state index in [1.54, 1.807) is 6.07 Å². The maximum atomic E-state index is 12.4. The van der Waals surface area contributed by atoms with E-state index in [9.17, 15) is 22.0 Å². The lowest BCUT2D eigenvalue weighted by Crippen LogP contribution is -2.34. The van der Waals surface area contributed by atoms with E-state index in [0.717, 1.165) is 0 Å². The molecule has 0 aromatic carbocycles. The fraction of sp³-hybridized carbons (Fsp3) is 0.333. The summed E-state index contributed by atoms with van der Waals surface area (Å²) in [7, 11) is 0. The van der Waals surface area contributed by atoms with Gasteiger partial charge in [-0.1, -0.05) is 0 Å². The minimum atomic E-state index is -5.65. The monoisotopic (exact) mass is 197 g/mol. The SMILES string of the molecule is FC(F)(F)C(F)(F)c1[c]cncn1. The summed E-state index contributed by atoms with van der Waals surface area (Å²) in [5, 5.41) is 0. The third kappa shape index (κ3) is 1.73. The quantitative estimate of drug-likeness (QED) is 0.643. The summed E-state index contributed by atoms with van der Waals surface area (Å²) in [5.41, 5.74) is -1.48. The van der Waals surface area contributed by atoms with E-state index in [4.69, 9.17) is 0 Å². The fourth-order valence-corrected chi connectivity index (χ4v) is 0.566. The molecule has 0 aliphatic carbocycles. The van der Waals surface area contributed by atoms with Gasteiger partial charge in [0.15, 0.2) is 0 Å². The van der Waals surface area contributed by atoms with Gasteiger partial charge in [0.2, 0.25) is 0 Å². The molecule has 1 aromatic rings. The maximum Gasteiger partial charge on any atom is 0.459 e. The lowest BCUT2D eigenvalue weighted by molar-refractivity contribution is -0.291. The molecule has 0 saturated heterocycles. The zero-order chi connectivity index (χ0) is 10.1. The topological polar surface area (TPSA) is 25.8 Å². The smallest absolute Gasteiger partial charge is 0.244 e. The lowest BCUT2D eigenvalue weighted by Gasteiger charge is -2.17. The van der Waals surface area contributed by atoms with Crippen LogP contribution in [0.5, 0.6) is 0 Å². The molecule has 0 aliphatic heterocycles. The predicted octanol–water partition coefficient (Wildman–Crippen LogP) is 1.93. The number of rotatable bonds is 1. The third-order valence-corrected chi connectivity index (χ3v) is 1.18. The number of alkyl halides is 5. The van der Waals surface area contributed by atoms with Crippen molar-refractivity contribution >= 4 is 0 Å². The maximum absolute atomic E-state index is 12.4. The second-order valence-corrected chi connectivity index (χ2v) is 2.09. The summed E-state index contributed by atoms with van der Waals surface area (Å²) in [6.45, 7) is 0. The molecule has 0 spiro atoms. The van der Waals surface area contributed by atoms with E-state index in [1.807, 2.05) is 0 Å². The molecule has 0 amide bonds. The lowest BCUT2D eigenvalue weighted by atomic mass is 10.2. The van der Waals surface area contributed by atoms with Crippen LogP contribution in [0.25, 0.3) is 0 Å². The first-order valence-corrected chi connectivity index (χ1v) is 2.98. The molecule has 1 radical (unpaired) electrons. The number of nitrogens with zero attached hydrogens (tertiary/aromatic N) is 2. The number of halogens is 5. The van der Waals surface area contributed by atoms with E-state index >= 15 is 0 Å². The molecule has 0 saturated carbocycles. The van der Waals surface area contributed by atoms with Gasteiger partial charge in [-0.15, -0.1) is 0 Å². The van der Waals surface area contributed by atoms with Crippen LogP contribution in [0.4, 0.5) is 22.0 Å². The number of aromatic nitrogens is 2. The molecule has 7 heteroatoms. The van der Waals surface area contributed by atoms with E-state index in [1.165, 1.54) is 0 Å². The average Bonchev–Trinajstić information content (AvgIpc) is 2.04. The van der Waals surface area contributed by atoms with Crippen LogP contribution in [0.15, 0.2) is 12.5 Å². The standard InChI is InChI=1S/C6H2F5N2/c7-5(8,6(9,10)11)4-1-2-12-3-13-4/h2-3H. The Balaban J connectivity index is 3.08. The zero-order valence-corrected chi connectivity index (χ0v) is 5.94. The van der Waals surface area contributed by atoms with Crippen molar-refractivity contribution in [3.8, 4) is 0 Å². The van der Waals surface area contributed by atoms with Gasteiger partial charge >= 0.3 is 12.1 Å². The van der Waals surface area contributed by atoms with Gasteiger partial charge in [0.1, 0.15) is 12.0 Å². The first-order valence-electron chi connectivity index (χ1n) is 2.98. The molecule has 1 aromatic heterocycles. The predicted molar refractivity (Wildman–Crippen MR) is 30.8 cm³/mol. The van der Waals surface area contributed by atoms with Crippen LogP contribution in [0.2, 0.25) is 0 Å². The highest BCUT2D eigenvalue weighted by molar-refractivity contribution is 5.06. The summed E-state index contributed by atoms with van der Waals surface area (Å²) in [6, 6.07) is 1.62. The van der Waals surface area contributed by atoms with Crippen molar-refractivity contribution in [1.82, 2.24) is 9.97 Å². The van der Waals surface area contributed by atoms with Gasteiger partial charge in [0, 0.05) is 12.3 Å². The highest BCUT2D eigenvalue weighted by Crippen LogP contribution is 2.42. The van der Waals surface area contributed by atoms with Gasteiger partial charge in [-0.25, -0.2) is 9.97 Å². The Morgan fingerprint density at radius 2 is 1.77 bits per heavy atom. The second-order valence-electron chi connectivity index (χ2n) is 2.09. The summed E-state index contributed by atoms with van der Waals surface area (Å²) < 4.78 is 59.9. The molecule has 0 unspecified atom stereocenters. The molecule has 0 aliphatic rings. The van der Waals surface area contributed by atoms with Crippen LogP contribution in [-0.4, -0.2) is 16.1 Å². The highest BCUT2D eigenvalue weighted by atomic mass is 19.4. The summed E-state index contributed by atoms with van der Waals surface area (Å²) in [5.74, 6) is -4.98. The normalized spacial score (nSPS) is 13.0. The Morgan fingerprint density at radius 1 is 1.15 bits per heavy atom. The van der Waals surface area contributed by atoms with Crippen molar-refractivity contribution in [3.05, 3.63) is 24.3 Å². The minimum Gasteiger partial charge on any atom is -0.244 e. The van der Waals surface area contributed by atoms with Gasteiger partial charge < -0.3 is 0 Å². The van der Waals surface area contributed by atoms with Crippen molar-refractivity contribution in [1.29, 1.82) is 0 Å². The van der Waals surface area contributed by atoms with Gasteiger partial charge in [0.25, 0.3) is 0 Å². The van der Waals surface area contributed by atoms with Crippen LogP contribution in [0.3, 0.4) is 0 Å². The van der Waals surface area contributed by atoms with Crippen LogP contribution >= 0.6 is 0 Å². The molecule has 0 fully saturated rings. The minimum absolute atomic E-state index is 0.603. The summed E-state index contributed by atoms with van der Waals surface area (Å²) in [6.07, 6.45) is -4.36. The van der Waals surface area contributed by atoms with Gasteiger partial charge in [-0.3, -0.25) is 0 Å². The van der Waals surface area contributed by atoms with Crippen molar-refractivity contribution < 1.29 is 22.0 Å². The molecular formula is C6H2F5N2. The molecule has 13 heavy (non-hydrogen) atoms. The Bertz CT molecular complexity index is 281. The molecule has 1 heterocycles. The van der Waals surface area contributed by atoms with E-state index < -0.39 is 17.8 Å². The number of hydrogen-bond donors (Lipinski definition) is 0. The van der Waals surface area contributed by atoms with Crippen LogP contribution in [-0.2, 0) is 5.92 Å². The van der Waals surface area contributed by atoms with Crippen molar-refractivity contribution in [3.63, 3.8) is 0 Å². The fourth-order valence-electron chi connectivity index (χ4n) is 0.566. The van der Waals surface area contributed by atoms with Gasteiger partial charge in [0.05, 0.1) is 0 Å². The Labute approximate surface area is 69.4 Å². The molecule has 2 nitrogen and oxygen atoms in total. The van der Waals surface area contributed by atoms with Gasteiger partial charge in [-0.05, 0) is 0 Å². The zero-order valence-electron chi connectivity index (χ0n) is 5.94. The summed E-state index contributed by atoms with van der Waals surface area (Å²) in [4.78, 5) is 5.95. The molecule has 1 rings (SSSR count). The van der Waals surface area contributed by atoms with Gasteiger partial charge in [-0.2, -0.15) is 22.0 Å². The first-order chi connectivity index (χ1) is 5.86. The third-order valence-electron chi connectivity index (χ3n) is 1.18. The van der Waals surface area contributed by atoms with E-state index in [2.05, 4.69) is 9.97 Å².